The topological polar surface area (TPSA) is 40.5 Å². The van der Waals surface area contributed by atoms with Gasteiger partial charge in [0, 0.05) is 18.6 Å². The normalized spacial score (nSPS) is 31.2. The summed E-state index contributed by atoms with van der Waals surface area (Å²) in [6.07, 6.45) is 2.45. The van der Waals surface area contributed by atoms with Crippen molar-refractivity contribution in [1.29, 1.82) is 0 Å². The number of hydrogen-bond acceptors (Lipinski definition) is 2. The smallest absolute Gasteiger partial charge is 0.305 e. The fourth-order valence-electron chi connectivity index (χ4n) is 3.48. The highest BCUT2D eigenvalue weighted by Gasteiger charge is 2.56. The maximum absolute atomic E-state index is 11.0. The highest BCUT2D eigenvalue weighted by molar-refractivity contribution is 5.69. The summed E-state index contributed by atoms with van der Waals surface area (Å²) in [5, 5.41) is 9.02. The molecule has 0 amide bonds. The first-order valence-electron chi connectivity index (χ1n) is 6.19. The first-order valence-corrected chi connectivity index (χ1v) is 6.19. The third kappa shape index (κ3) is 1.84. The van der Waals surface area contributed by atoms with E-state index < -0.39 is 5.97 Å². The Kier molecular flexibility index (Phi) is 2.44. The van der Waals surface area contributed by atoms with Gasteiger partial charge in [-0.25, -0.2) is 0 Å². The van der Waals surface area contributed by atoms with Gasteiger partial charge in [0.15, 0.2) is 0 Å². The van der Waals surface area contributed by atoms with Crippen LogP contribution in [0.25, 0.3) is 0 Å². The number of benzene rings is 1. The lowest BCUT2D eigenvalue weighted by Crippen LogP contribution is -2.47. The third-order valence-electron chi connectivity index (χ3n) is 4.18. The van der Waals surface area contributed by atoms with Gasteiger partial charge in [-0.1, -0.05) is 30.3 Å². The average Bonchev–Trinajstić information content (AvgIpc) is 2.72. The lowest BCUT2D eigenvalue weighted by Gasteiger charge is -2.41. The van der Waals surface area contributed by atoms with Gasteiger partial charge in [0.2, 0.25) is 0 Å². The van der Waals surface area contributed by atoms with Crippen LogP contribution in [0.4, 0.5) is 0 Å². The van der Waals surface area contributed by atoms with Crippen LogP contribution in [-0.2, 0) is 11.3 Å². The molecule has 1 aromatic rings. The molecule has 2 aliphatic heterocycles. The highest BCUT2D eigenvalue weighted by Crippen LogP contribution is 2.52. The summed E-state index contributed by atoms with van der Waals surface area (Å²) in [4.78, 5) is 13.3. The van der Waals surface area contributed by atoms with E-state index in [1.54, 1.807) is 0 Å². The maximum atomic E-state index is 11.0. The van der Waals surface area contributed by atoms with Gasteiger partial charge in [-0.3, -0.25) is 9.69 Å². The van der Waals surface area contributed by atoms with Crippen LogP contribution in [0.15, 0.2) is 30.3 Å². The Hall–Kier alpha value is -1.35. The summed E-state index contributed by atoms with van der Waals surface area (Å²) >= 11 is 0. The molecule has 0 atom stereocenters. The number of nitrogens with zero attached hydrogens (tertiary/aromatic N) is 1. The number of carbonyl (C=O) groups is 1. The van der Waals surface area contributed by atoms with Gasteiger partial charge in [0.05, 0.1) is 6.42 Å². The van der Waals surface area contributed by atoms with Crippen molar-refractivity contribution in [2.24, 2.45) is 5.92 Å². The number of rotatable bonds is 4. The monoisotopic (exact) mass is 231 g/mol. The molecule has 2 saturated heterocycles. The molecule has 2 bridgehead atoms. The predicted molar refractivity (Wildman–Crippen MR) is 64.6 cm³/mol. The van der Waals surface area contributed by atoms with Crippen molar-refractivity contribution in [1.82, 2.24) is 4.90 Å². The van der Waals surface area contributed by atoms with Crippen LogP contribution < -0.4 is 0 Å². The average molecular weight is 231 g/mol. The zero-order valence-corrected chi connectivity index (χ0v) is 9.80. The van der Waals surface area contributed by atoms with Crippen molar-refractivity contribution in [3.05, 3.63) is 35.9 Å². The van der Waals surface area contributed by atoms with Crippen molar-refractivity contribution in [3.8, 4) is 0 Å². The van der Waals surface area contributed by atoms with Gasteiger partial charge >= 0.3 is 5.97 Å². The van der Waals surface area contributed by atoms with Crippen molar-refractivity contribution in [3.63, 3.8) is 0 Å². The molecule has 0 spiro atoms. The van der Waals surface area contributed by atoms with Gasteiger partial charge < -0.3 is 5.11 Å². The summed E-state index contributed by atoms with van der Waals surface area (Å²) in [6.45, 7) is 1.97. The zero-order valence-electron chi connectivity index (χ0n) is 9.80. The van der Waals surface area contributed by atoms with Crippen LogP contribution >= 0.6 is 0 Å². The predicted octanol–water partition coefficient (Wildman–Crippen LogP) is 2.13. The molecule has 2 heterocycles. The number of hydrogen-bond donors (Lipinski definition) is 1. The van der Waals surface area contributed by atoms with Crippen LogP contribution in [0.1, 0.15) is 24.8 Å². The first-order chi connectivity index (χ1) is 8.18. The Morgan fingerprint density at radius 2 is 2.06 bits per heavy atom. The van der Waals surface area contributed by atoms with Crippen molar-refractivity contribution >= 4 is 5.97 Å². The fourth-order valence-corrected chi connectivity index (χ4v) is 3.48. The first kappa shape index (κ1) is 10.8. The van der Waals surface area contributed by atoms with Crippen molar-refractivity contribution in [2.45, 2.75) is 31.3 Å². The fraction of sp³-hybridized carbons (Fsp3) is 0.500. The second kappa shape index (κ2) is 3.84. The molecule has 1 N–H and O–H groups in total. The van der Waals surface area contributed by atoms with Crippen molar-refractivity contribution in [2.75, 3.05) is 6.54 Å². The van der Waals surface area contributed by atoms with Crippen LogP contribution in [0.2, 0.25) is 0 Å². The van der Waals surface area contributed by atoms with Crippen LogP contribution in [0, 0.1) is 5.92 Å². The van der Waals surface area contributed by atoms with Crippen LogP contribution in [0.5, 0.6) is 0 Å². The zero-order chi connectivity index (χ0) is 11.9. The van der Waals surface area contributed by atoms with E-state index in [0.717, 1.165) is 31.8 Å². The van der Waals surface area contributed by atoms with E-state index >= 15 is 0 Å². The largest absolute Gasteiger partial charge is 0.481 e. The lowest BCUT2D eigenvalue weighted by molar-refractivity contribution is -0.141. The second-order valence-corrected chi connectivity index (χ2v) is 5.44. The molecule has 1 aromatic carbocycles. The minimum Gasteiger partial charge on any atom is -0.481 e. The molecule has 0 unspecified atom stereocenters. The molecule has 3 aliphatic rings. The van der Waals surface area contributed by atoms with Crippen LogP contribution in [0.3, 0.4) is 0 Å². The SMILES string of the molecule is O=C(O)CC12CC(CN1Cc1ccccc1)C2. The molecule has 90 valence electrons. The molecule has 0 radical (unpaired) electrons. The molecular weight excluding hydrogens is 214 g/mol. The van der Waals surface area contributed by atoms with E-state index in [9.17, 15) is 4.79 Å². The summed E-state index contributed by atoms with van der Waals surface area (Å²) in [5.74, 6) is 0.0708. The van der Waals surface area contributed by atoms with E-state index in [0.29, 0.717) is 6.42 Å². The van der Waals surface area contributed by atoms with E-state index in [1.165, 1.54) is 5.56 Å². The van der Waals surface area contributed by atoms with E-state index in [1.807, 2.05) is 18.2 Å². The van der Waals surface area contributed by atoms with E-state index in [4.69, 9.17) is 5.11 Å². The number of fused-ring (bicyclic) bond motifs is 1. The third-order valence-corrected chi connectivity index (χ3v) is 4.18. The van der Waals surface area contributed by atoms with Crippen LogP contribution in [-0.4, -0.2) is 28.1 Å². The Bertz CT molecular complexity index is 423. The van der Waals surface area contributed by atoms with E-state index in [-0.39, 0.29) is 5.54 Å². The molecular formula is C14H17NO2. The van der Waals surface area contributed by atoms with Crippen molar-refractivity contribution < 1.29 is 9.90 Å². The Morgan fingerprint density at radius 1 is 1.35 bits per heavy atom. The minimum atomic E-state index is -0.664. The molecule has 0 aromatic heterocycles. The number of carboxylic acid groups (broad SMARTS) is 1. The molecule has 3 heteroatoms. The molecule has 4 rings (SSSR count). The maximum Gasteiger partial charge on any atom is 0.305 e. The second-order valence-electron chi connectivity index (χ2n) is 5.44. The summed E-state index contributed by atoms with van der Waals surface area (Å²) < 4.78 is 0. The van der Waals surface area contributed by atoms with E-state index in [2.05, 4.69) is 17.0 Å². The van der Waals surface area contributed by atoms with Gasteiger partial charge in [0.1, 0.15) is 0 Å². The molecule has 17 heavy (non-hydrogen) atoms. The Morgan fingerprint density at radius 3 is 2.71 bits per heavy atom. The van der Waals surface area contributed by atoms with Gasteiger partial charge in [-0.2, -0.15) is 0 Å². The van der Waals surface area contributed by atoms with Gasteiger partial charge in [0.25, 0.3) is 0 Å². The minimum absolute atomic E-state index is 0.0354. The molecule has 3 fully saturated rings. The van der Waals surface area contributed by atoms with Gasteiger partial charge in [-0.15, -0.1) is 0 Å². The number of carboxylic acids is 1. The highest BCUT2D eigenvalue weighted by atomic mass is 16.4. The molecule has 3 nitrogen and oxygen atoms in total. The molecule has 1 aliphatic carbocycles. The summed E-state index contributed by atoms with van der Waals surface area (Å²) in [6, 6.07) is 10.3. The Labute approximate surface area is 101 Å². The molecule has 1 saturated carbocycles. The van der Waals surface area contributed by atoms with Gasteiger partial charge in [-0.05, 0) is 24.3 Å². The number of aliphatic carboxylic acids is 1. The standard InChI is InChI=1S/C14H17NO2/c16-13(17)8-14-6-12(7-14)10-15(14)9-11-4-2-1-3-5-11/h1-5,12H,6-10H2,(H,16,17). The summed E-state index contributed by atoms with van der Waals surface area (Å²) in [5.41, 5.74) is 1.25. The Balaban J connectivity index is 1.73. The quantitative estimate of drug-likeness (QED) is 0.863. The lowest BCUT2D eigenvalue weighted by atomic mass is 9.71. The summed E-state index contributed by atoms with van der Waals surface area (Å²) in [7, 11) is 0.